The summed E-state index contributed by atoms with van der Waals surface area (Å²) in [5.41, 5.74) is 1.01. The third kappa shape index (κ3) is 6.49. The number of anilines is 1. The van der Waals surface area contributed by atoms with Gasteiger partial charge in [0.05, 0.1) is 21.9 Å². The molecule has 0 N–H and O–H groups in total. The van der Waals surface area contributed by atoms with Gasteiger partial charge in [-0.15, -0.1) is 6.10 Å². The average molecular weight is 545 g/mol. The van der Waals surface area contributed by atoms with E-state index in [0.717, 1.165) is 42.8 Å². The van der Waals surface area contributed by atoms with Crippen LogP contribution in [0, 0.1) is 17.8 Å². The standard InChI is InChI=1S/C27H33N2O6S2/c1-4-6-9-22-24(30)21(25(31)23(26(22)36)10-7-5-2)12-8-11-20-17(3)28-29(27(20)32)18-13-15-19(16-14-18)37(33,34)35/h8,11-16,21-24H,4-7,9-10H2,1-3H3,(H,33,34,35)/q-1/p-1. The van der Waals surface area contributed by atoms with Crippen molar-refractivity contribution in [2.45, 2.75) is 70.3 Å². The number of rotatable bonds is 10. The van der Waals surface area contributed by atoms with E-state index in [2.05, 4.69) is 18.9 Å². The van der Waals surface area contributed by atoms with Gasteiger partial charge in [0, 0.05) is 16.7 Å². The highest BCUT2D eigenvalue weighted by Gasteiger charge is 2.40. The Labute approximate surface area is 223 Å². The van der Waals surface area contributed by atoms with Crippen molar-refractivity contribution in [1.29, 1.82) is 0 Å². The van der Waals surface area contributed by atoms with Crippen LogP contribution in [0.1, 0.15) is 59.3 Å². The van der Waals surface area contributed by atoms with Crippen LogP contribution in [0.25, 0.3) is 0 Å². The highest BCUT2D eigenvalue weighted by atomic mass is 32.2. The summed E-state index contributed by atoms with van der Waals surface area (Å²) < 4.78 is 33.5. The summed E-state index contributed by atoms with van der Waals surface area (Å²) in [5.74, 6) is -2.13. The molecule has 1 aliphatic heterocycles. The van der Waals surface area contributed by atoms with E-state index in [1.165, 1.54) is 18.2 Å². The molecule has 0 radical (unpaired) electrons. The van der Waals surface area contributed by atoms with Gasteiger partial charge in [0.25, 0.3) is 5.91 Å². The largest absolute Gasteiger partial charge is 0.851 e. The summed E-state index contributed by atoms with van der Waals surface area (Å²) in [6, 6.07) is 4.90. The number of Topliss-reactive ketones (excluding diaryl/α,β-unsaturated/α-hetero) is 1. The number of carbonyl (C=O) groups excluding carboxylic acids is 2. The quantitative estimate of drug-likeness (QED) is 0.249. The minimum absolute atomic E-state index is 0.140. The Morgan fingerprint density at radius 1 is 1.08 bits per heavy atom. The second-order valence-electron chi connectivity index (χ2n) is 9.45. The molecule has 3 rings (SSSR count). The van der Waals surface area contributed by atoms with Crippen molar-refractivity contribution in [1.82, 2.24) is 0 Å². The van der Waals surface area contributed by atoms with E-state index < -0.39 is 38.9 Å². The second-order valence-corrected chi connectivity index (χ2v) is 11.3. The molecule has 200 valence electrons. The smallest absolute Gasteiger partial charge is 0.280 e. The monoisotopic (exact) mass is 544 g/mol. The average Bonchev–Trinajstić information content (AvgIpc) is 3.14. The van der Waals surface area contributed by atoms with Crippen LogP contribution in [0.4, 0.5) is 5.69 Å². The first kappa shape index (κ1) is 29.0. The Balaban J connectivity index is 1.81. The van der Waals surface area contributed by atoms with E-state index in [9.17, 15) is 27.7 Å². The molecule has 37 heavy (non-hydrogen) atoms. The molecule has 1 heterocycles. The summed E-state index contributed by atoms with van der Waals surface area (Å²) in [6.07, 6.45) is 8.49. The molecule has 1 saturated carbocycles. The zero-order valence-corrected chi connectivity index (χ0v) is 22.9. The van der Waals surface area contributed by atoms with E-state index >= 15 is 0 Å². The maximum Gasteiger partial charge on any atom is 0.280 e. The third-order valence-electron chi connectivity index (χ3n) is 6.86. The number of carbonyl (C=O) groups is 2. The lowest BCUT2D eigenvalue weighted by Crippen LogP contribution is -2.55. The van der Waals surface area contributed by atoms with Gasteiger partial charge < -0.3 is 9.66 Å². The lowest BCUT2D eigenvalue weighted by atomic mass is 9.69. The van der Waals surface area contributed by atoms with Crippen LogP contribution in [0.3, 0.4) is 0 Å². The van der Waals surface area contributed by atoms with E-state index in [4.69, 9.17) is 12.2 Å². The van der Waals surface area contributed by atoms with Crippen molar-refractivity contribution in [3.8, 4) is 0 Å². The highest BCUT2D eigenvalue weighted by Crippen LogP contribution is 2.35. The number of ketones is 1. The van der Waals surface area contributed by atoms with Crippen molar-refractivity contribution >= 4 is 50.3 Å². The van der Waals surface area contributed by atoms with Gasteiger partial charge in [0.1, 0.15) is 15.9 Å². The summed E-state index contributed by atoms with van der Waals surface area (Å²) in [6.45, 7) is 5.76. The minimum Gasteiger partial charge on any atom is -0.851 e. The van der Waals surface area contributed by atoms with Gasteiger partial charge in [-0.3, -0.25) is 9.59 Å². The fourth-order valence-corrected chi connectivity index (χ4v) is 5.70. The van der Waals surface area contributed by atoms with Crippen LogP contribution in [-0.2, 0) is 19.7 Å². The van der Waals surface area contributed by atoms with Crippen LogP contribution < -0.4 is 10.1 Å². The summed E-state index contributed by atoms with van der Waals surface area (Å²) in [7, 11) is -4.60. The number of nitrogens with zero attached hydrogens (tertiary/aromatic N) is 2. The first-order valence-electron chi connectivity index (χ1n) is 12.6. The molecule has 8 nitrogen and oxygen atoms in total. The third-order valence-corrected chi connectivity index (χ3v) is 8.30. The number of benzene rings is 1. The Morgan fingerprint density at radius 3 is 2.30 bits per heavy atom. The number of hydrazone groups is 1. The van der Waals surface area contributed by atoms with E-state index in [1.54, 1.807) is 19.1 Å². The molecule has 2 aliphatic rings. The highest BCUT2D eigenvalue weighted by molar-refractivity contribution is 7.85. The van der Waals surface area contributed by atoms with Gasteiger partial charge in [0.2, 0.25) is 0 Å². The van der Waals surface area contributed by atoms with Crippen LogP contribution >= 0.6 is 12.2 Å². The van der Waals surface area contributed by atoms with Crippen molar-refractivity contribution in [3.63, 3.8) is 0 Å². The fourth-order valence-electron chi connectivity index (χ4n) is 4.74. The number of allylic oxidation sites excluding steroid dienone is 2. The topological polar surface area (TPSA) is 130 Å². The molecule has 0 bridgehead atoms. The first-order chi connectivity index (χ1) is 17.5. The molecule has 1 aliphatic carbocycles. The maximum absolute atomic E-state index is 13.3. The molecule has 1 aromatic carbocycles. The van der Waals surface area contributed by atoms with Crippen molar-refractivity contribution in [2.24, 2.45) is 22.9 Å². The van der Waals surface area contributed by atoms with Gasteiger partial charge >= 0.3 is 0 Å². The molecular formula is C27H32N2O6S2-2. The molecule has 1 amide bonds. The van der Waals surface area contributed by atoms with Gasteiger partial charge in [-0.25, -0.2) is 8.42 Å². The lowest BCUT2D eigenvalue weighted by Gasteiger charge is -2.45. The minimum atomic E-state index is -4.60. The van der Waals surface area contributed by atoms with Crippen molar-refractivity contribution < 1.29 is 27.7 Å². The Bertz CT molecular complexity index is 1230. The van der Waals surface area contributed by atoms with Crippen LogP contribution in [-0.4, -0.2) is 41.3 Å². The summed E-state index contributed by atoms with van der Waals surface area (Å²) >= 11 is 5.63. The van der Waals surface area contributed by atoms with E-state index in [-0.39, 0.29) is 17.3 Å². The second kappa shape index (κ2) is 12.3. The molecule has 0 saturated heterocycles. The number of amides is 1. The molecule has 0 aromatic heterocycles. The zero-order valence-electron chi connectivity index (χ0n) is 21.3. The molecule has 1 fully saturated rings. The first-order valence-corrected chi connectivity index (χ1v) is 14.4. The number of unbranched alkanes of at least 4 members (excludes halogenated alkanes) is 2. The Kier molecular flexibility index (Phi) is 9.68. The molecule has 0 spiro atoms. The molecule has 10 heteroatoms. The molecular weight excluding hydrogens is 512 g/mol. The van der Waals surface area contributed by atoms with Gasteiger partial charge in [-0.05, 0) is 56.0 Å². The van der Waals surface area contributed by atoms with Gasteiger partial charge in [-0.1, -0.05) is 63.9 Å². The van der Waals surface area contributed by atoms with Gasteiger partial charge in [0.15, 0.2) is 0 Å². The predicted molar refractivity (Wildman–Crippen MR) is 143 cm³/mol. The summed E-state index contributed by atoms with van der Waals surface area (Å²) in [5, 5.41) is 18.6. The van der Waals surface area contributed by atoms with Crippen molar-refractivity contribution in [2.75, 3.05) is 5.01 Å². The molecule has 4 atom stereocenters. The Hall–Kier alpha value is -2.53. The lowest BCUT2D eigenvalue weighted by molar-refractivity contribution is -0.435. The van der Waals surface area contributed by atoms with Crippen molar-refractivity contribution in [3.05, 3.63) is 48.1 Å². The number of hydrogen-bond donors (Lipinski definition) is 0. The predicted octanol–water partition coefficient (Wildman–Crippen LogP) is 3.71. The number of hydrogen-bond acceptors (Lipinski definition) is 8. The van der Waals surface area contributed by atoms with Crippen LogP contribution in [0.5, 0.6) is 0 Å². The van der Waals surface area contributed by atoms with Gasteiger partial charge in [-0.2, -0.15) is 10.1 Å². The fraction of sp³-hybridized carbons (Fsp3) is 0.481. The zero-order chi connectivity index (χ0) is 27.3. The normalized spacial score (nSPS) is 26.0. The van der Waals surface area contributed by atoms with Crippen LogP contribution in [0.15, 0.2) is 58.1 Å². The van der Waals surface area contributed by atoms with E-state index in [0.29, 0.717) is 29.1 Å². The maximum atomic E-state index is 13.3. The molecule has 4 unspecified atom stereocenters. The van der Waals surface area contributed by atoms with Crippen LogP contribution in [0.2, 0.25) is 0 Å². The SMILES string of the molecule is CCCCC1C(=O)C(C=CC=C2C(=O)N(c3ccc(S(=O)(=O)[O-])cc3)N=C2C)C([O-])C(CCCC)C1=S. The summed E-state index contributed by atoms with van der Waals surface area (Å²) in [4.78, 5) is 26.4. The Morgan fingerprint density at radius 2 is 1.70 bits per heavy atom. The molecule has 1 aromatic rings. The van der Waals surface area contributed by atoms with E-state index in [1.807, 2.05) is 0 Å². The number of thiocarbonyl (C=S) groups is 1.